The first-order chi connectivity index (χ1) is 6.36. The molecule has 1 nitrogen and oxygen atoms in total. The maximum atomic E-state index is 4.28. The van der Waals surface area contributed by atoms with Gasteiger partial charge in [-0.05, 0) is 19.1 Å². The summed E-state index contributed by atoms with van der Waals surface area (Å²) < 4.78 is 0. The Hall–Kier alpha value is -1.63. The highest BCUT2D eigenvalue weighted by atomic mass is 14.7. The molecule has 0 aliphatic carbocycles. The quantitative estimate of drug-likeness (QED) is 0.639. The topological polar surface area (TPSA) is 12.9 Å². The lowest BCUT2D eigenvalue weighted by Gasteiger charge is -1.99. The van der Waals surface area contributed by atoms with Gasteiger partial charge < -0.3 is 0 Å². The highest BCUT2D eigenvalue weighted by Crippen LogP contribution is 2.15. The lowest BCUT2D eigenvalue weighted by Crippen LogP contribution is -1.81. The van der Waals surface area contributed by atoms with Gasteiger partial charge in [0, 0.05) is 11.8 Å². The number of hydrogen-bond acceptors (Lipinski definition) is 1. The summed E-state index contributed by atoms with van der Waals surface area (Å²) in [4.78, 5) is 4.28. The highest BCUT2D eigenvalue weighted by Gasteiger charge is 1.95. The Morgan fingerprint density at radius 1 is 0.923 bits per heavy atom. The monoisotopic (exact) mass is 169 g/mol. The number of aryl methyl sites for hydroxylation is 1. The minimum Gasteiger partial charge on any atom is -0.256 e. The van der Waals surface area contributed by atoms with Crippen LogP contribution in [-0.2, 0) is 0 Å². The standard InChI is InChI=1S/C12H11N/c1-10-5-7-11(8-6-10)12-4-2-3-9-13-12/h2-9H,1H3. The van der Waals surface area contributed by atoms with Gasteiger partial charge in [0.25, 0.3) is 0 Å². The van der Waals surface area contributed by atoms with Crippen LogP contribution in [0, 0.1) is 6.92 Å². The lowest BCUT2D eigenvalue weighted by atomic mass is 10.1. The minimum absolute atomic E-state index is 1.03. The van der Waals surface area contributed by atoms with Crippen molar-refractivity contribution in [1.82, 2.24) is 4.98 Å². The summed E-state index contributed by atoms with van der Waals surface area (Å²) >= 11 is 0. The molecule has 1 aromatic heterocycles. The van der Waals surface area contributed by atoms with E-state index in [1.54, 1.807) is 0 Å². The zero-order chi connectivity index (χ0) is 9.10. The van der Waals surface area contributed by atoms with Crippen molar-refractivity contribution in [2.45, 2.75) is 6.92 Å². The SMILES string of the molecule is Cc1ccc(-c2ccccn2)cc1. The zero-order valence-corrected chi connectivity index (χ0v) is 7.57. The molecule has 0 bridgehead atoms. The Labute approximate surface area is 78.1 Å². The first-order valence-corrected chi connectivity index (χ1v) is 4.34. The summed E-state index contributed by atoms with van der Waals surface area (Å²) in [6.07, 6.45) is 1.81. The molecule has 0 radical (unpaired) electrons. The molecule has 0 aliphatic heterocycles. The number of rotatable bonds is 1. The summed E-state index contributed by atoms with van der Waals surface area (Å²) in [5.74, 6) is 0. The van der Waals surface area contributed by atoms with E-state index in [-0.39, 0.29) is 0 Å². The molecule has 0 fully saturated rings. The van der Waals surface area contributed by atoms with Gasteiger partial charge in [-0.1, -0.05) is 35.9 Å². The Morgan fingerprint density at radius 2 is 1.69 bits per heavy atom. The van der Waals surface area contributed by atoms with Crippen LogP contribution < -0.4 is 0 Å². The molecule has 1 aromatic carbocycles. The molecular weight excluding hydrogens is 158 g/mol. The van der Waals surface area contributed by atoms with Crippen LogP contribution in [0.1, 0.15) is 5.56 Å². The van der Waals surface area contributed by atoms with Crippen molar-refractivity contribution >= 4 is 0 Å². The second-order valence-electron chi connectivity index (χ2n) is 3.08. The number of aromatic nitrogens is 1. The van der Waals surface area contributed by atoms with E-state index in [0.717, 1.165) is 5.69 Å². The van der Waals surface area contributed by atoms with Crippen molar-refractivity contribution in [3.63, 3.8) is 0 Å². The maximum Gasteiger partial charge on any atom is 0.0701 e. The van der Waals surface area contributed by atoms with E-state index < -0.39 is 0 Å². The van der Waals surface area contributed by atoms with Crippen LogP contribution in [0.25, 0.3) is 11.3 Å². The fourth-order valence-corrected chi connectivity index (χ4v) is 1.26. The first-order valence-electron chi connectivity index (χ1n) is 4.34. The molecule has 0 atom stereocenters. The molecule has 1 heteroatoms. The largest absolute Gasteiger partial charge is 0.256 e. The third kappa shape index (κ3) is 1.75. The highest BCUT2D eigenvalue weighted by molar-refractivity contribution is 5.58. The molecule has 0 saturated heterocycles. The Bertz CT molecular complexity index is 376. The van der Waals surface area contributed by atoms with Crippen LogP contribution in [0.15, 0.2) is 48.7 Å². The number of hydrogen-bond donors (Lipinski definition) is 0. The van der Waals surface area contributed by atoms with Gasteiger partial charge >= 0.3 is 0 Å². The van der Waals surface area contributed by atoms with Gasteiger partial charge in [0.15, 0.2) is 0 Å². The Morgan fingerprint density at radius 3 is 2.31 bits per heavy atom. The van der Waals surface area contributed by atoms with Gasteiger partial charge in [-0.3, -0.25) is 4.98 Å². The fourth-order valence-electron chi connectivity index (χ4n) is 1.26. The molecule has 2 aromatic rings. The first kappa shape index (κ1) is 7.99. The predicted octanol–water partition coefficient (Wildman–Crippen LogP) is 3.06. The van der Waals surface area contributed by atoms with E-state index >= 15 is 0 Å². The van der Waals surface area contributed by atoms with Crippen molar-refractivity contribution < 1.29 is 0 Å². The van der Waals surface area contributed by atoms with Crippen molar-refractivity contribution in [3.8, 4) is 11.3 Å². The van der Waals surface area contributed by atoms with E-state index in [1.807, 2.05) is 24.4 Å². The van der Waals surface area contributed by atoms with Crippen LogP contribution in [-0.4, -0.2) is 4.98 Å². The second-order valence-corrected chi connectivity index (χ2v) is 3.08. The third-order valence-electron chi connectivity index (χ3n) is 2.01. The summed E-state index contributed by atoms with van der Waals surface area (Å²) in [5, 5.41) is 0. The molecule has 2 rings (SSSR count). The molecule has 0 N–H and O–H groups in total. The van der Waals surface area contributed by atoms with Gasteiger partial charge in [0.2, 0.25) is 0 Å². The fraction of sp³-hybridized carbons (Fsp3) is 0.0833. The molecule has 0 aliphatic rings. The number of pyridine rings is 1. The van der Waals surface area contributed by atoms with Gasteiger partial charge in [-0.2, -0.15) is 0 Å². The number of benzene rings is 1. The van der Waals surface area contributed by atoms with E-state index in [1.165, 1.54) is 11.1 Å². The minimum atomic E-state index is 1.03. The molecule has 1 heterocycles. The summed E-state index contributed by atoms with van der Waals surface area (Å²) in [5.41, 5.74) is 3.48. The molecule has 0 amide bonds. The van der Waals surface area contributed by atoms with Crippen LogP contribution in [0.3, 0.4) is 0 Å². The van der Waals surface area contributed by atoms with Crippen LogP contribution >= 0.6 is 0 Å². The van der Waals surface area contributed by atoms with E-state index in [0.29, 0.717) is 0 Å². The molecule has 0 unspecified atom stereocenters. The summed E-state index contributed by atoms with van der Waals surface area (Å²) in [6, 6.07) is 14.3. The van der Waals surface area contributed by atoms with Crippen molar-refractivity contribution in [3.05, 3.63) is 54.2 Å². The van der Waals surface area contributed by atoms with Gasteiger partial charge in [0.05, 0.1) is 5.69 Å². The van der Waals surface area contributed by atoms with Crippen LogP contribution in [0.2, 0.25) is 0 Å². The maximum absolute atomic E-state index is 4.28. The van der Waals surface area contributed by atoms with Crippen molar-refractivity contribution in [2.24, 2.45) is 0 Å². The zero-order valence-electron chi connectivity index (χ0n) is 7.57. The van der Waals surface area contributed by atoms with Gasteiger partial charge in [0.1, 0.15) is 0 Å². The van der Waals surface area contributed by atoms with Crippen molar-refractivity contribution in [2.75, 3.05) is 0 Å². The second kappa shape index (κ2) is 3.40. The van der Waals surface area contributed by atoms with Crippen molar-refractivity contribution in [1.29, 1.82) is 0 Å². The Balaban J connectivity index is 2.42. The summed E-state index contributed by atoms with van der Waals surface area (Å²) in [6.45, 7) is 2.09. The van der Waals surface area contributed by atoms with Crippen LogP contribution in [0.5, 0.6) is 0 Å². The Kier molecular flexibility index (Phi) is 2.09. The average molecular weight is 169 g/mol. The van der Waals surface area contributed by atoms with Gasteiger partial charge in [-0.25, -0.2) is 0 Å². The molecule has 64 valence electrons. The number of nitrogens with zero attached hydrogens (tertiary/aromatic N) is 1. The normalized spacial score (nSPS) is 9.92. The van der Waals surface area contributed by atoms with Crippen LogP contribution in [0.4, 0.5) is 0 Å². The smallest absolute Gasteiger partial charge is 0.0701 e. The molecule has 0 spiro atoms. The predicted molar refractivity (Wildman–Crippen MR) is 54.4 cm³/mol. The summed E-state index contributed by atoms with van der Waals surface area (Å²) in [7, 11) is 0. The van der Waals surface area contributed by atoms with E-state index in [2.05, 4.69) is 36.2 Å². The molecule has 13 heavy (non-hydrogen) atoms. The third-order valence-corrected chi connectivity index (χ3v) is 2.01. The molecule has 0 saturated carbocycles. The molecular formula is C12H11N. The van der Waals surface area contributed by atoms with Gasteiger partial charge in [-0.15, -0.1) is 0 Å². The average Bonchev–Trinajstić information content (AvgIpc) is 2.20. The van der Waals surface area contributed by atoms with E-state index in [9.17, 15) is 0 Å². The lowest BCUT2D eigenvalue weighted by molar-refractivity contribution is 1.32. The van der Waals surface area contributed by atoms with E-state index in [4.69, 9.17) is 0 Å².